The zero-order valence-electron chi connectivity index (χ0n) is 9.17. The molecular weight excluding hydrogens is 226 g/mol. The maximum Gasteiger partial charge on any atom is 0.326 e. The van der Waals surface area contributed by atoms with Crippen molar-refractivity contribution in [3.63, 3.8) is 0 Å². The highest BCUT2D eigenvalue weighted by molar-refractivity contribution is 5.82. The van der Waals surface area contributed by atoms with Crippen LogP contribution in [0, 0.1) is 0 Å². The number of aliphatic carboxylic acids is 1. The molecule has 1 aromatic rings. The monoisotopic (exact) mass is 239 g/mol. The van der Waals surface area contributed by atoms with E-state index in [-0.39, 0.29) is 17.9 Å². The molecule has 17 heavy (non-hydrogen) atoms. The Hall–Kier alpha value is -2.24. The summed E-state index contributed by atoms with van der Waals surface area (Å²) in [6.07, 6.45) is 0.0305. The highest BCUT2D eigenvalue weighted by Crippen LogP contribution is 2.25. The summed E-state index contributed by atoms with van der Waals surface area (Å²) in [6, 6.07) is 2.94. The zero-order chi connectivity index (χ0) is 13.0. The van der Waals surface area contributed by atoms with Crippen LogP contribution >= 0.6 is 0 Å². The number of carboxylic acid groups (broad SMARTS) is 1. The van der Waals surface area contributed by atoms with Gasteiger partial charge in [0.15, 0.2) is 11.5 Å². The number of rotatable bonds is 4. The predicted molar refractivity (Wildman–Crippen MR) is 58.7 cm³/mol. The Morgan fingerprint density at radius 3 is 2.41 bits per heavy atom. The number of carboxylic acids is 1. The van der Waals surface area contributed by atoms with Crippen LogP contribution in [0.25, 0.3) is 0 Å². The van der Waals surface area contributed by atoms with E-state index in [1.54, 1.807) is 0 Å². The molecule has 0 aliphatic rings. The van der Waals surface area contributed by atoms with E-state index in [2.05, 4.69) is 5.32 Å². The summed E-state index contributed by atoms with van der Waals surface area (Å²) in [6.45, 7) is 1.23. The second-order valence-corrected chi connectivity index (χ2v) is 3.62. The minimum atomic E-state index is -1.16. The summed E-state index contributed by atoms with van der Waals surface area (Å²) in [5.74, 6) is -2.21. The van der Waals surface area contributed by atoms with E-state index in [1.165, 1.54) is 25.1 Å². The van der Waals surface area contributed by atoms with Gasteiger partial charge in [0, 0.05) is 13.3 Å². The largest absolute Gasteiger partial charge is 0.504 e. The third kappa shape index (κ3) is 3.67. The minimum Gasteiger partial charge on any atom is -0.504 e. The lowest BCUT2D eigenvalue weighted by atomic mass is 10.1. The Bertz CT molecular complexity index is 443. The fourth-order valence-electron chi connectivity index (χ4n) is 1.38. The first-order valence-corrected chi connectivity index (χ1v) is 4.91. The number of amides is 1. The number of hydrogen-bond acceptors (Lipinski definition) is 4. The topological polar surface area (TPSA) is 107 Å². The molecule has 0 heterocycles. The van der Waals surface area contributed by atoms with Crippen molar-refractivity contribution in [3.8, 4) is 11.5 Å². The maximum atomic E-state index is 10.9. The Balaban J connectivity index is 2.82. The van der Waals surface area contributed by atoms with Crippen molar-refractivity contribution in [3.05, 3.63) is 23.8 Å². The number of carbonyl (C=O) groups is 2. The van der Waals surface area contributed by atoms with Gasteiger partial charge in [-0.05, 0) is 17.7 Å². The van der Waals surface area contributed by atoms with Crippen molar-refractivity contribution < 1.29 is 24.9 Å². The van der Waals surface area contributed by atoms with Crippen LogP contribution in [0.15, 0.2) is 18.2 Å². The molecule has 0 spiro atoms. The molecule has 0 radical (unpaired) electrons. The van der Waals surface area contributed by atoms with E-state index in [1.807, 2.05) is 0 Å². The molecule has 0 saturated carbocycles. The van der Waals surface area contributed by atoms with E-state index in [4.69, 9.17) is 10.2 Å². The number of nitrogens with one attached hydrogen (secondary N) is 1. The standard InChI is InChI=1S/C11H13NO5/c1-6(13)12-8(11(16)17)4-7-2-3-9(14)10(15)5-7/h2-3,5,8,14-15H,4H2,1H3,(H,12,13)(H,16,17)/t8-/m0/s1. The second kappa shape index (κ2) is 5.20. The van der Waals surface area contributed by atoms with Gasteiger partial charge in [-0.2, -0.15) is 0 Å². The first-order valence-electron chi connectivity index (χ1n) is 4.91. The van der Waals surface area contributed by atoms with Gasteiger partial charge >= 0.3 is 5.97 Å². The Labute approximate surface area is 97.5 Å². The van der Waals surface area contributed by atoms with Gasteiger partial charge in [-0.25, -0.2) is 4.79 Å². The zero-order valence-corrected chi connectivity index (χ0v) is 9.17. The van der Waals surface area contributed by atoms with Crippen LogP contribution in [-0.2, 0) is 16.0 Å². The van der Waals surface area contributed by atoms with Crippen molar-refractivity contribution in [1.82, 2.24) is 5.32 Å². The summed E-state index contributed by atoms with van der Waals surface area (Å²) < 4.78 is 0. The number of phenolic OH excluding ortho intramolecular Hbond substituents is 2. The Kier molecular flexibility index (Phi) is 3.92. The van der Waals surface area contributed by atoms with Crippen molar-refractivity contribution >= 4 is 11.9 Å². The van der Waals surface area contributed by atoms with Gasteiger partial charge in [0.25, 0.3) is 0 Å². The quantitative estimate of drug-likeness (QED) is 0.563. The molecule has 1 rings (SSSR count). The predicted octanol–water partition coefficient (Wildman–Crippen LogP) is 0.230. The lowest BCUT2D eigenvalue weighted by Crippen LogP contribution is -2.41. The molecular formula is C11H13NO5. The number of hydrogen-bond donors (Lipinski definition) is 4. The van der Waals surface area contributed by atoms with Crippen LogP contribution in [0.2, 0.25) is 0 Å². The third-order valence-corrected chi connectivity index (χ3v) is 2.16. The van der Waals surface area contributed by atoms with E-state index in [0.29, 0.717) is 5.56 Å². The van der Waals surface area contributed by atoms with E-state index in [0.717, 1.165) is 0 Å². The fraction of sp³-hybridized carbons (Fsp3) is 0.273. The summed E-state index contributed by atoms with van der Waals surface area (Å²) in [5.41, 5.74) is 0.501. The van der Waals surface area contributed by atoms with Gasteiger partial charge in [-0.1, -0.05) is 6.07 Å². The fourth-order valence-corrected chi connectivity index (χ4v) is 1.38. The van der Waals surface area contributed by atoms with E-state index < -0.39 is 17.9 Å². The molecule has 1 atom stereocenters. The number of phenols is 2. The lowest BCUT2D eigenvalue weighted by molar-refractivity contribution is -0.141. The molecule has 0 aliphatic heterocycles. The van der Waals surface area contributed by atoms with Crippen LogP contribution in [0.3, 0.4) is 0 Å². The Morgan fingerprint density at radius 2 is 1.94 bits per heavy atom. The molecule has 6 heteroatoms. The van der Waals surface area contributed by atoms with E-state index >= 15 is 0 Å². The van der Waals surface area contributed by atoms with Crippen molar-refractivity contribution in [2.75, 3.05) is 0 Å². The second-order valence-electron chi connectivity index (χ2n) is 3.62. The van der Waals surface area contributed by atoms with Gasteiger partial charge in [0.05, 0.1) is 0 Å². The van der Waals surface area contributed by atoms with Crippen LogP contribution in [0.5, 0.6) is 11.5 Å². The van der Waals surface area contributed by atoms with Crippen LogP contribution in [0.4, 0.5) is 0 Å². The van der Waals surface area contributed by atoms with Crippen molar-refractivity contribution in [1.29, 1.82) is 0 Å². The third-order valence-electron chi connectivity index (χ3n) is 2.16. The van der Waals surface area contributed by atoms with Crippen molar-refractivity contribution in [2.24, 2.45) is 0 Å². The van der Waals surface area contributed by atoms with Gasteiger partial charge in [0.2, 0.25) is 5.91 Å². The smallest absolute Gasteiger partial charge is 0.326 e. The minimum absolute atomic E-state index is 0.0305. The lowest BCUT2D eigenvalue weighted by Gasteiger charge is -2.13. The summed E-state index contributed by atoms with van der Waals surface area (Å²) in [4.78, 5) is 21.7. The SMILES string of the molecule is CC(=O)N[C@@H](Cc1ccc(O)c(O)c1)C(=O)O. The summed E-state index contributed by atoms with van der Waals surface area (Å²) in [5, 5.41) is 29.5. The molecule has 1 aromatic carbocycles. The molecule has 0 saturated heterocycles. The van der Waals surface area contributed by atoms with Crippen LogP contribution in [0.1, 0.15) is 12.5 Å². The van der Waals surface area contributed by atoms with Crippen LogP contribution < -0.4 is 5.32 Å². The van der Waals surface area contributed by atoms with E-state index in [9.17, 15) is 14.7 Å². The van der Waals surface area contributed by atoms with Crippen LogP contribution in [-0.4, -0.2) is 33.2 Å². The van der Waals surface area contributed by atoms with Crippen molar-refractivity contribution in [2.45, 2.75) is 19.4 Å². The van der Waals surface area contributed by atoms with Gasteiger partial charge < -0.3 is 20.6 Å². The highest BCUT2D eigenvalue weighted by atomic mass is 16.4. The highest BCUT2D eigenvalue weighted by Gasteiger charge is 2.19. The van der Waals surface area contributed by atoms with Gasteiger partial charge in [0.1, 0.15) is 6.04 Å². The maximum absolute atomic E-state index is 10.9. The molecule has 0 unspecified atom stereocenters. The molecule has 0 aromatic heterocycles. The molecule has 92 valence electrons. The first kappa shape index (κ1) is 12.8. The molecule has 0 fully saturated rings. The molecule has 4 N–H and O–H groups in total. The number of carbonyl (C=O) groups excluding carboxylic acids is 1. The molecule has 0 aliphatic carbocycles. The van der Waals surface area contributed by atoms with Gasteiger partial charge in [-0.3, -0.25) is 4.79 Å². The average Bonchev–Trinajstić information content (AvgIpc) is 2.21. The van der Waals surface area contributed by atoms with Gasteiger partial charge in [-0.15, -0.1) is 0 Å². The Morgan fingerprint density at radius 1 is 1.29 bits per heavy atom. The first-order chi connectivity index (χ1) is 7.90. The molecule has 1 amide bonds. The normalized spacial score (nSPS) is 11.8. The number of benzene rings is 1. The summed E-state index contributed by atoms with van der Waals surface area (Å²) in [7, 11) is 0. The average molecular weight is 239 g/mol. The summed E-state index contributed by atoms with van der Waals surface area (Å²) >= 11 is 0. The molecule has 6 nitrogen and oxygen atoms in total. The number of aromatic hydroxyl groups is 2. The molecule has 0 bridgehead atoms.